The van der Waals surface area contributed by atoms with Crippen molar-refractivity contribution in [1.29, 1.82) is 0 Å². The molecule has 0 saturated heterocycles. The third kappa shape index (κ3) is 6.42. The molecule has 0 aliphatic carbocycles. The number of hydrazine groups is 1. The molecule has 0 radical (unpaired) electrons. The van der Waals surface area contributed by atoms with Gasteiger partial charge in [-0.1, -0.05) is 30.3 Å². The molecule has 0 aliphatic heterocycles. The average molecular weight is 594 g/mol. The highest BCUT2D eigenvalue weighted by Gasteiger charge is 2.36. The van der Waals surface area contributed by atoms with Gasteiger partial charge in [-0.15, -0.1) is 4.73 Å². The Balaban J connectivity index is 1.78. The van der Waals surface area contributed by atoms with Crippen LogP contribution in [0.25, 0.3) is 28.1 Å². The normalized spacial score (nSPS) is 12.0. The third-order valence-corrected chi connectivity index (χ3v) is 7.66. The molecule has 0 atom stereocenters. The van der Waals surface area contributed by atoms with E-state index in [1.54, 1.807) is 51.1 Å². The van der Waals surface area contributed by atoms with Crippen molar-refractivity contribution in [2.24, 2.45) is 0 Å². The third-order valence-electron chi connectivity index (χ3n) is 5.68. The van der Waals surface area contributed by atoms with Crippen LogP contribution in [0.5, 0.6) is 0 Å². The first kappa shape index (κ1) is 29.8. The van der Waals surface area contributed by atoms with Gasteiger partial charge >= 0.3 is 19.3 Å². The summed E-state index contributed by atoms with van der Waals surface area (Å²) in [5.41, 5.74) is 1.82. The van der Waals surface area contributed by atoms with Crippen LogP contribution in [0, 0.1) is 6.92 Å². The summed E-state index contributed by atoms with van der Waals surface area (Å²) in [6, 6.07) is 10.2. The number of aryl methyl sites for hydroxylation is 1. The standard InChI is InChI=1S/C25H26F3N6O6P/c1-4-39-41(38,40-5-2)14-21(35)31-32-22-24(36)34(37)20-11-17(25(26,27)28)19(12-18(20)30-22)33-13-15(3)29-23(33)16-9-7-6-8-10-16/h6-13,37H,4-5,14H2,1-3H3,(H,30,32)(H,31,35). The van der Waals surface area contributed by atoms with Crippen molar-refractivity contribution in [2.75, 3.05) is 24.8 Å². The molecule has 0 bridgehead atoms. The summed E-state index contributed by atoms with van der Waals surface area (Å²) in [4.78, 5) is 33.5. The molecule has 16 heteroatoms. The van der Waals surface area contributed by atoms with E-state index in [-0.39, 0.29) is 35.0 Å². The predicted octanol–water partition coefficient (Wildman–Crippen LogP) is 4.52. The number of nitrogens with one attached hydrogen (secondary N) is 2. The van der Waals surface area contributed by atoms with Crippen LogP contribution in [0.15, 0.2) is 53.5 Å². The van der Waals surface area contributed by atoms with Crippen molar-refractivity contribution in [2.45, 2.75) is 26.9 Å². The molecule has 1 amide bonds. The lowest BCUT2D eigenvalue weighted by molar-refractivity contribution is -0.137. The minimum atomic E-state index is -4.88. The number of benzene rings is 2. The number of hydrogen-bond acceptors (Lipinski definition) is 9. The van der Waals surface area contributed by atoms with Crippen LogP contribution in [-0.2, 0) is 24.6 Å². The first-order valence-electron chi connectivity index (χ1n) is 12.3. The molecule has 2 aromatic carbocycles. The van der Waals surface area contributed by atoms with Crippen molar-refractivity contribution in [1.82, 2.24) is 24.7 Å². The van der Waals surface area contributed by atoms with E-state index in [0.717, 1.165) is 6.07 Å². The van der Waals surface area contributed by atoms with Crippen LogP contribution in [0.2, 0.25) is 0 Å². The number of carbonyl (C=O) groups is 1. The molecule has 12 nitrogen and oxygen atoms in total. The molecule has 218 valence electrons. The number of fused-ring (bicyclic) bond motifs is 1. The lowest BCUT2D eigenvalue weighted by atomic mass is 10.1. The molecule has 3 N–H and O–H groups in total. The van der Waals surface area contributed by atoms with Crippen molar-refractivity contribution in [3.8, 4) is 17.1 Å². The fraction of sp³-hybridized carbons (Fsp3) is 0.280. The molecule has 41 heavy (non-hydrogen) atoms. The number of amides is 1. The Morgan fingerprint density at radius 3 is 2.37 bits per heavy atom. The lowest BCUT2D eigenvalue weighted by Gasteiger charge is -2.18. The highest BCUT2D eigenvalue weighted by Crippen LogP contribution is 2.47. The molecule has 0 unspecified atom stereocenters. The molecule has 0 spiro atoms. The zero-order valence-corrected chi connectivity index (χ0v) is 23.0. The maximum Gasteiger partial charge on any atom is 0.418 e. The van der Waals surface area contributed by atoms with Gasteiger partial charge < -0.3 is 14.3 Å². The summed E-state index contributed by atoms with van der Waals surface area (Å²) in [5, 5.41) is 10.5. The second-order valence-corrected chi connectivity index (χ2v) is 10.7. The molecule has 0 saturated carbocycles. The molecule has 4 rings (SSSR count). The summed E-state index contributed by atoms with van der Waals surface area (Å²) in [6.45, 7) is 4.80. The molecule has 4 aromatic rings. The minimum Gasteiger partial charge on any atom is -0.425 e. The zero-order chi connectivity index (χ0) is 29.9. The number of halogens is 3. The zero-order valence-electron chi connectivity index (χ0n) is 22.1. The summed E-state index contributed by atoms with van der Waals surface area (Å²) >= 11 is 0. The van der Waals surface area contributed by atoms with Crippen LogP contribution < -0.4 is 16.4 Å². The average Bonchev–Trinajstić information content (AvgIpc) is 3.31. The highest BCUT2D eigenvalue weighted by atomic mass is 31.2. The number of carbonyl (C=O) groups excluding carboxylic acids is 1. The summed E-state index contributed by atoms with van der Waals surface area (Å²) in [5.74, 6) is -1.29. The Morgan fingerprint density at radius 1 is 1.10 bits per heavy atom. The van der Waals surface area contributed by atoms with Crippen molar-refractivity contribution >= 4 is 30.4 Å². The Bertz CT molecular complexity index is 1680. The minimum absolute atomic E-state index is 0.0155. The molecule has 2 aromatic heterocycles. The fourth-order valence-electron chi connectivity index (χ4n) is 4.05. The van der Waals surface area contributed by atoms with Crippen LogP contribution in [-0.4, -0.2) is 49.8 Å². The Morgan fingerprint density at radius 2 is 1.76 bits per heavy atom. The highest BCUT2D eigenvalue weighted by molar-refractivity contribution is 7.54. The summed E-state index contributed by atoms with van der Waals surface area (Å²) in [6.07, 6.45) is -4.16. The smallest absolute Gasteiger partial charge is 0.418 e. The Kier molecular flexibility index (Phi) is 8.52. The van der Waals surface area contributed by atoms with E-state index in [4.69, 9.17) is 9.05 Å². The number of hydrogen-bond donors (Lipinski definition) is 3. The molecule has 0 aliphatic rings. The molecule has 2 heterocycles. The monoisotopic (exact) mass is 594 g/mol. The number of anilines is 1. The van der Waals surface area contributed by atoms with E-state index >= 15 is 0 Å². The first-order chi connectivity index (χ1) is 19.4. The van der Waals surface area contributed by atoms with E-state index in [1.807, 2.05) is 0 Å². The van der Waals surface area contributed by atoms with Crippen LogP contribution in [0.1, 0.15) is 25.1 Å². The fourth-order valence-corrected chi connectivity index (χ4v) is 5.52. The quantitative estimate of drug-likeness (QED) is 0.137. The maximum absolute atomic E-state index is 14.2. The van der Waals surface area contributed by atoms with Gasteiger partial charge in [0.05, 0.1) is 35.7 Å². The number of rotatable bonds is 10. The van der Waals surface area contributed by atoms with E-state index in [9.17, 15) is 32.5 Å². The second-order valence-electron chi connectivity index (χ2n) is 8.65. The first-order valence-corrected chi connectivity index (χ1v) is 14.0. The summed E-state index contributed by atoms with van der Waals surface area (Å²) < 4.78 is 66.7. The van der Waals surface area contributed by atoms with Gasteiger partial charge in [-0.2, -0.15) is 13.2 Å². The Labute approximate surface area is 231 Å². The van der Waals surface area contributed by atoms with Crippen molar-refractivity contribution in [3.05, 3.63) is 70.3 Å². The van der Waals surface area contributed by atoms with Crippen LogP contribution >= 0.6 is 7.60 Å². The predicted molar refractivity (Wildman–Crippen MR) is 143 cm³/mol. The van der Waals surface area contributed by atoms with Gasteiger partial charge in [0.1, 0.15) is 17.5 Å². The molecular weight excluding hydrogens is 568 g/mol. The topological polar surface area (TPSA) is 150 Å². The number of aromatic nitrogens is 4. The van der Waals surface area contributed by atoms with E-state index in [1.165, 1.54) is 10.8 Å². The van der Waals surface area contributed by atoms with Crippen LogP contribution in [0.3, 0.4) is 0 Å². The van der Waals surface area contributed by atoms with Gasteiger partial charge in [0.25, 0.3) is 5.91 Å². The largest absolute Gasteiger partial charge is 0.425 e. The number of imidazole rings is 1. The van der Waals surface area contributed by atoms with E-state index < -0.39 is 48.3 Å². The SMILES string of the molecule is CCOP(=O)(CC(=O)NNc1nc2cc(-n3cc(C)nc3-c3ccccc3)c(C(F)(F)F)cc2n(O)c1=O)OCC. The summed E-state index contributed by atoms with van der Waals surface area (Å²) in [7, 11) is -3.77. The molecular formula is C25H26F3N6O6P. The van der Waals surface area contributed by atoms with E-state index in [2.05, 4.69) is 20.8 Å². The van der Waals surface area contributed by atoms with E-state index in [0.29, 0.717) is 17.3 Å². The maximum atomic E-state index is 14.2. The lowest BCUT2D eigenvalue weighted by Crippen LogP contribution is -2.36. The van der Waals surface area contributed by atoms with Crippen molar-refractivity contribution in [3.63, 3.8) is 0 Å². The van der Waals surface area contributed by atoms with Gasteiger partial charge in [0.15, 0.2) is 0 Å². The van der Waals surface area contributed by atoms with Gasteiger partial charge in [-0.3, -0.25) is 29.6 Å². The molecule has 0 fully saturated rings. The second kappa shape index (κ2) is 11.7. The Hall–Kier alpha value is -4.20. The number of alkyl halides is 3. The van der Waals surface area contributed by atoms with Crippen molar-refractivity contribution < 1.29 is 36.8 Å². The van der Waals surface area contributed by atoms with Gasteiger partial charge in [0, 0.05) is 11.8 Å². The number of nitrogens with zero attached hydrogens (tertiary/aromatic N) is 4. The van der Waals surface area contributed by atoms with Gasteiger partial charge in [-0.25, -0.2) is 9.97 Å². The van der Waals surface area contributed by atoms with Gasteiger partial charge in [-0.05, 0) is 32.9 Å². The van der Waals surface area contributed by atoms with Crippen LogP contribution in [0.4, 0.5) is 19.0 Å². The van der Waals surface area contributed by atoms with Gasteiger partial charge in [0.2, 0.25) is 5.82 Å².